The van der Waals surface area contributed by atoms with E-state index in [0.29, 0.717) is 0 Å². The van der Waals surface area contributed by atoms with E-state index in [-0.39, 0.29) is 0 Å². The number of unbranched alkanes of at least 4 members (excludes halogenated alkanes) is 28. The standard InChI is InChI=1S/C20H42.C14H30/c1-3-5-7-9-11-13-15-17-19-20-18-16-14-12-10-8-6-4-2;1-3-5-7-9-11-13-14-12-10-8-6-4-2/h3-20H2,1-2H3;3-14H2,1-2H3. The Bertz CT molecular complexity index is 264. The Hall–Kier alpha value is 0. The molecule has 0 fully saturated rings. The lowest BCUT2D eigenvalue weighted by Gasteiger charge is -2.03. The lowest BCUT2D eigenvalue weighted by Crippen LogP contribution is -1.83. The molecule has 0 saturated carbocycles. The Morgan fingerprint density at radius 1 is 0.147 bits per heavy atom. The summed E-state index contributed by atoms with van der Waals surface area (Å²) in [6.07, 6.45) is 43.8. The molecule has 34 heavy (non-hydrogen) atoms. The first-order chi connectivity index (χ1) is 16.8. The van der Waals surface area contributed by atoms with Gasteiger partial charge in [0.1, 0.15) is 0 Å². The lowest BCUT2D eigenvalue weighted by atomic mass is 10.0. The SMILES string of the molecule is CCCCCCCCCCCCCC.CCCCCCCCCCCCCCCCCCCC. The highest BCUT2D eigenvalue weighted by Gasteiger charge is 1.94. The van der Waals surface area contributed by atoms with E-state index in [4.69, 9.17) is 0 Å². The second kappa shape index (κ2) is 37.5. The van der Waals surface area contributed by atoms with E-state index in [9.17, 15) is 0 Å². The van der Waals surface area contributed by atoms with Gasteiger partial charge in [0.2, 0.25) is 0 Å². The Kier molecular flexibility index (Phi) is 39.9. The topological polar surface area (TPSA) is 0 Å². The maximum Gasteiger partial charge on any atom is -0.0533 e. The van der Waals surface area contributed by atoms with Gasteiger partial charge in [0, 0.05) is 0 Å². The maximum absolute atomic E-state index is 2.30. The van der Waals surface area contributed by atoms with Crippen LogP contribution in [-0.2, 0) is 0 Å². The van der Waals surface area contributed by atoms with Crippen LogP contribution in [0.15, 0.2) is 0 Å². The summed E-state index contributed by atoms with van der Waals surface area (Å²) in [7, 11) is 0. The largest absolute Gasteiger partial charge is 0.0654 e. The molecule has 0 aliphatic carbocycles. The highest BCUT2D eigenvalue weighted by Crippen LogP contribution is 2.14. The van der Waals surface area contributed by atoms with Crippen molar-refractivity contribution in [3.05, 3.63) is 0 Å². The van der Waals surface area contributed by atoms with E-state index in [1.54, 1.807) is 0 Å². The van der Waals surface area contributed by atoms with Crippen LogP contribution >= 0.6 is 0 Å². The average Bonchev–Trinajstić information content (AvgIpc) is 2.85. The van der Waals surface area contributed by atoms with E-state index in [2.05, 4.69) is 27.7 Å². The van der Waals surface area contributed by atoms with E-state index in [0.717, 1.165) is 0 Å². The minimum Gasteiger partial charge on any atom is -0.0654 e. The molecule has 0 radical (unpaired) electrons. The molecule has 208 valence electrons. The smallest absolute Gasteiger partial charge is 0.0533 e. The molecule has 0 unspecified atom stereocenters. The molecule has 0 N–H and O–H groups in total. The predicted molar refractivity (Wildman–Crippen MR) is 161 cm³/mol. The Morgan fingerprint density at radius 3 is 0.324 bits per heavy atom. The van der Waals surface area contributed by atoms with Crippen LogP contribution in [-0.4, -0.2) is 0 Å². The van der Waals surface area contributed by atoms with Gasteiger partial charge in [0.25, 0.3) is 0 Å². The van der Waals surface area contributed by atoms with Gasteiger partial charge in [-0.15, -0.1) is 0 Å². The maximum atomic E-state index is 2.30. The summed E-state index contributed by atoms with van der Waals surface area (Å²) in [4.78, 5) is 0. The van der Waals surface area contributed by atoms with Crippen LogP contribution in [0.3, 0.4) is 0 Å². The summed E-state index contributed by atoms with van der Waals surface area (Å²) in [6, 6.07) is 0. The summed E-state index contributed by atoms with van der Waals surface area (Å²) in [6.45, 7) is 9.16. The zero-order valence-corrected chi connectivity index (χ0v) is 25.2. The Labute approximate surface area is 220 Å². The Morgan fingerprint density at radius 2 is 0.235 bits per heavy atom. The molecular weight excluding hydrogens is 408 g/mol. The van der Waals surface area contributed by atoms with Crippen molar-refractivity contribution in [3.8, 4) is 0 Å². The van der Waals surface area contributed by atoms with E-state index in [1.807, 2.05) is 0 Å². The molecule has 0 nitrogen and oxygen atoms in total. The normalized spacial score (nSPS) is 10.9. The molecule has 0 aromatic rings. The number of rotatable bonds is 28. The summed E-state index contributed by atoms with van der Waals surface area (Å²) in [5.74, 6) is 0. The molecule has 0 aliphatic heterocycles. The molecule has 0 bridgehead atoms. The van der Waals surface area contributed by atoms with Gasteiger partial charge in [-0.05, 0) is 0 Å². The second-order valence-electron chi connectivity index (χ2n) is 11.2. The minimum absolute atomic E-state index is 1.37. The van der Waals surface area contributed by atoms with E-state index in [1.165, 1.54) is 193 Å². The van der Waals surface area contributed by atoms with Crippen LogP contribution in [0, 0.1) is 0 Å². The molecule has 0 spiro atoms. The monoisotopic (exact) mass is 481 g/mol. The van der Waals surface area contributed by atoms with Gasteiger partial charge in [0.15, 0.2) is 0 Å². The lowest BCUT2D eigenvalue weighted by molar-refractivity contribution is 0.526. The molecule has 0 heteroatoms. The molecule has 0 rings (SSSR count). The van der Waals surface area contributed by atoms with Gasteiger partial charge in [-0.2, -0.15) is 0 Å². The summed E-state index contributed by atoms with van der Waals surface area (Å²) in [5, 5.41) is 0. The van der Waals surface area contributed by atoms with Crippen molar-refractivity contribution < 1.29 is 0 Å². The number of hydrogen-bond acceptors (Lipinski definition) is 0. The van der Waals surface area contributed by atoms with Crippen molar-refractivity contribution in [1.29, 1.82) is 0 Å². The Balaban J connectivity index is 0. The zero-order valence-electron chi connectivity index (χ0n) is 25.2. The van der Waals surface area contributed by atoms with Gasteiger partial charge >= 0.3 is 0 Å². The molecule has 0 aromatic carbocycles. The third-order valence-corrected chi connectivity index (χ3v) is 7.41. The second-order valence-corrected chi connectivity index (χ2v) is 11.2. The zero-order chi connectivity index (χ0) is 25.2. The third-order valence-electron chi connectivity index (χ3n) is 7.41. The fraction of sp³-hybridized carbons (Fsp3) is 1.00. The first-order valence-corrected chi connectivity index (χ1v) is 16.8. The van der Waals surface area contributed by atoms with Crippen LogP contribution in [0.4, 0.5) is 0 Å². The average molecular weight is 481 g/mol. The van der Waals surface area contributed by atoms with Crippen LogP contribution in [0.25, 0.3) is 0 Å². The predicted octanol–water partition coefficient (Wildman–Crippen LogP) is 13.8. The first-order valence-electron chi connectivity index (χ1n) is 16.8. The van der Waals surface area contributed by atoms with Gasteiger partial charge < -0.3 is 0 Å². The molecule has 0 aromatic heterocycles. The fourth-order valence-electron chi connectivity index (χ4n) is 4.89. The van der Waals surface area contributed by atoms with Crippen molar-refractivity contribution >= 4 is 0 Å². The van der Waals surface area contributed by atoms with Gasteiger partial charge in [-0.3, -0.25) is 0 Å². The van der Waals surface area contributed by atoms with E-state index < -0.39 is 0 Å². The molecule has 0 aliphatic rings. The number of hydrogen-bond donors (Lipinski definition) is 0. The van der Waals surface area contributed by atoms with Crippen LogP contribution in [0.5, 0.6) is 0 Å². The van der Waals surface area contributed by atoms with Crippen LogP contribution in [0.1, 0.15) is 220 Å². The fourth-order valence-corrected chi connectivity index (χ4v) is 4.89. The van der Waals surface area contributed by atoms with Crippen molar-refractivity contribution in [2.75, 3.05) is 0 Å². The summed E-state index contributed by atoms with van der Waals surface area (Å²) in [5.41, 5.74) is 0. The summed E-state index contributed by atoms with van der Waals surface area (Å²) < 4.78 is 0. The highest BCUT2D eigenvalue weighted by atomic mass is 14.0. The summed E-state index contributed by atoms with van der Waals surface area (Å²) >= 11 is 0. The van der Waals surface area contributed by atoms with Gasteiger partial charge in [-0.25, -0.2) is 0 Å². The molecular formula is C34H72. The van der Waals surface area contributed by atoms with Crippen LogP contribution < -0.4 is 0 Å². The molecule has 0 saturated heterocycles. The highest BCUT2D eigenvalue weighted by molar-refractivity contribution is 4.50. The third kappa shape index (κ3) is 39.2. The quantitative estimate of drug-likeness (QED) is 0.0976. The first kappa shape index (κ1) is 36.2. The molecule has 0 atom stereocenters. The molecule has 0 amide bonds. The van der Waals surface area contributed by atoms with Crippen molar-refractivity contribution in [3.63, 3.8) is 0 Å². The van der Waals surface area contributed by atoms with Crippen molar-refractivity contribution in [2.24, 2.45) is 0 Å². The van der Waals surface area contributed by atoms with Gasteiger partial charge in [0.05, 0.1) is 0 Å². The van der Waals surface area contributed by atoms with Crippen LogP contribution in [0.2, 0.25) is 0 Å². The molecule has 0 heterocycles. The minimum atomic E-state index is 1.37. The van der Waals surface area contributed by atoms with E-state index >= 15 is 0 Å². The van der Waals surface area contributed by atoms with Crippen molar-refractivity contribution in [1.82, 2.24) is 0 Å². The van der Waals surface area contributed by atoms with Gasteiger partial charge in [-0.1, -0.05) is 220 Å². The van der Waals surface area contributed by atoms with Crippen molar-refractivity contribution in [2.45, 2.75) is 220 Å².